The molecule has 1 N–H and O–H groups in total. The van der Waals surface area contributed by atoms with Gasteiger partial charge in [-0.1, -0.05) is 29.8 Å². The second-order valence-electron chi connectivity index (χ2n) is 8.26. The summed E-state index contributed by atoms with van der Waals surface area (Å²) < 4.78 is 7.37. The fourth-order valence-corrected chi connectivity index (χ4v) is 4.08. The van der Waals surface area contributed by atoms with E-state index in [9.17, 15) is 9.59 Å². The number of halogens is 1. The van der Waals surface area contributed by atoms with Crippen LogP contribution in [0.2, 0.25) is 5.02 Å². The minimum atomic E-state index is -0.314. The molecule has 1 fully saturated rings. The fraction of sp³-hybridized carbons (Fsp3) is 0.320. The van der Waals surface area contributed by atoms with Gasteiger partial charge in [-0.15, -0.1) is 0 Å². The van der Waals surface area contributed by atoms with Gasteiger partial charge >= 0.3 is 0 Å². The molecule has 8 heteroatoms. The number of carbonyl (C=O) groups excluding carboxylic acids is 2. The molecule has 1 aliphatic heterocycles. The molecule has 0 bridgehead atoms. The van der Waals surface area contributed by atoms with Gasteiger partial charge in [0.15, 0.2) is 0 Å². The van der Waals surface area contributed by atoms with Crippen LogP contribution >= 0.6 is 11.6 Å². The number of nitrogens with one attached hydrogen (secondary N) is 1. The molecule has 172 valence electrons. The number of rotatable bonds is 6. The summed E-state index contributed by atoms with van der Waals surface area (Å²) in [5.74, 6) is 0.177. The first-order valence-electron chi connectivity index (χ1n) is 11.0. The number of anilines is 1. The van der Waals surface area contributed by atoms with Gasteiger partial charge in [0.2, 0.25) is 0 Å². The Balaban J connectivity index is 1.46. The molecule has 0 radical (unpaired) electrons. The predicted octanol–water partition coefficient (Wildman–Crippen LogP) is 4.84. The summed E-state index contributed by atoms with van der Waals surface area (Å²) in [6.45, 7) is 3.70. The first-order chi connectivity index (χ1) is 15.9. The van der Waals surface area contributed by atoms with Crippen LogP contribution in [0.1, 0.15) is 51.2 Å². The number of hydrogen-bond acceptors (Lipinski definition) is 4. The molecular weight excluding hydrogens is 440 g/mol. The number of amides is 2. The van der Waals surface area contributed by atoms with Crippen molar-refractivity contribution < 1.29 is 14.3 Å². The second-order valence-corrected chi connectivity index (χ2v) is 8.67. The first-order valence-corrected chi connectivity index (χ1v) is 11.4. The van der Waals surface area contributed by atoms with Crippen LogP contribution in [0.5, 0.6) is 5.75 Å². The summed E-state index contributed by atoms with van der Waals surface area (Å²) in [5.41, 5.74) is 3.14. The van der Waals surface area contributed by atoms with E-state index in [-0.39, 0.29) is 18.4 Å². The molecule has 0 aliphatic carbocycles. The van der Waals surface area contributed by atoms with Crippen molar-refractivity contribution in [3.8, 4) is 5.75 Å². The van der Waals surface area contributed by atoms with Crippen molar-refractivity contribution in [1.82, 2.24) is 14.7 Å². The maximum absolute atomic E-state index is 13.0. The summed E-state index contributed by atoms with van der Waals surface area (Å²) in [7, 11) is 1.71. The maximum atomic E-state index is 13.0. The van der Waals surface area contributed by atoms with Crippen LogP contribution in [0, 0.1) is 6.92 Å². The van der Waals surface area contributed by atoms with Gasteiger partial charge < -0.3 is 15.0 Å². The zero-order valence-electron chi connectivity index (χ0n) is 18.8. The van der Waals surface area contributed by atoms with Gasteiger partial charge in [0, 0.05) is 25.7 Å². The number of piperidine rings is 1. The zero-order valence-corrected chi connectivity index (χ0v) is 19.6. The molecule has 33 heavy (non-hydrogen) atoms. The van der Waals surface area contributed by atoms with Gasteiger partial charge in [-0.2, -0.15) is 5.10 Å². The second kappa shape index (κ2) is 10.1. The number of ether oxygens (including phenoxy) is 1. The number of carbonyl (C=O) groups is 2. The number of hydrogen-bond donors (Lipinski definition) is 1. The lowest BCUT2D eigenvalue weighted by atomic mass is 10.1. The molecule has 4 rings (SSSR count). The van der Waals surface area contributed by atoms with Crippen LogP contribution in [-0.4, -0.2) is 39.6 Å². The Hall–Kier alpha value is -3.32. The van der Waals surface area contributed by atoms with E-state index in [4.69, 9.17) is 16.3 Å². The first kappa shape index (κ1) is 22.9. The zero-order chi connectivity index (χ0) is 23.4. The smallest absolute Gasteiger partial charge is 0.274 e. The molecule has 1 aliphatic rings. The highest BCUT2D eigenvalue weighted by Gasteiger charge is 2.25. The molecule has 2 aromatic carbocycles. The van der Waals surface area contributed by atoms with Gasteiger partial charge in [0.1, 0.15) is 18.1 Å². The summed E-state index contributed by atoms with van der Waals surface area (Å²) in [5, 5.41) is 7.59. The van der Waals surface area contributed by atoms with Crippen molar-refractivity contribution >= 4 is 29.1 Å². The van der Waals surface area contributed by atoms with Crippen molar-refractivity contribution in [3.05, 3.63) is 76.1 Å². The Morgan fingerprint density at radius 3 is 2.70 bits per heavy atom. The third-order valence-corrected chi connectivity index (χ3v) is 6.02. The topological polar surface area (TPSA) is 76.5 Å². The number of aromatic nitrogens is 2. The van der Waals surface area contributed by atoms with E-state index in [1.165, 1.54) is 10.9 Å². The van der Waals surface area contributed by atoms with E-state index in [1.54, 1.807) is 31.3 Å². The summed E-state index contributed by atoms with van der Waals surface area (Å²) in [6, 6.07) is 12.8. The van der Waals surface area contributed by atoms with Crippen LogP contribution in [0.3, 0.4) is 0 Å². The number of benzene rings is 2. The minimum absolute atomic E-state index is 0.109. The van der Waals surface area contributed by atoms with E-state index in [0.717, 1.165) is 43.5 Å². The Kier molecular flexibility index (Phi) is 6.99. The van der Waals surface area contributed by atoms with E-state index in [2.05, 4.69) is 10.4 Å². The average Bonchev–Trinajstić information content (AvgIpc) is 3.19. The van der Waals surface area contributed by atoms with E-state index < -0.39 is 0 Å². The largest absolute Gasteiger partial charge is 0.487 e. The normalized spacial score (nSPS) is 13.6. The summed E-state index contributed by atoms with van der Waals surface area (Å²) in [6.07, 6.45) is 4.64. The van der Waals surface area contributed by atoms with Gasteiger partial charge in [-0.05, 0) is 61.6 Å². The average molecular weight is 467 g/mol. The Morgan fingerprint density at radius 2 is 1.91 bits per heavy atom. The van der Waals surface area contributed by atoms with Crippen molar-refractivity contribution in [1.29, 1.82) is 0 Å². The highest BCUT2D eigenvalue weighted by atomic mass is 35.5. The Bertz CT molecular complexity index is 1170. The van der Waals surface area contributed by atoms with Crippen molar-refractivity contribution in [2.45, 2.75) is 32.8 Å². The Morgan fingerprint density at radius 1 is 1.12 bits per heavy atom. The van der Waals surface area contributed by atoms with E-state index >= 15 is 0 Å². The molecule has 0 atom stereocenters. The van der Waals surface area contributed by atoms with Gasteiger partial charge in [-0.3, -0.25) is 14.3 Å². The van der Waals surface area contributed by atoms with Crippen molar-refractivity contribution in [2.75, 3.05) is 18.4 Å². The van der Waals surface area contributed by atoms with E-state index in [0.29, 0.717) is 27.7 Å². The van der Waals surface area contributed by atoms with Gasteiger partial charge in [-0.25, -0.2) is 0 Å². The molecule has 7 nitrogen and oxygen atoms in total. The van der Waals surface area contributed by atoms with Crippen LogP contribution in [0.25, 0.3) is 0 Å². The Labute approximate surface area is 198 Å². The molecule has 0 spiro atoms. The van der Waals surface area contributed by atoms with Crippen molar-refractivity contribution in [2.24, 2.45) is 7.05 Å². The molecule has 1 saturated heterocycles. The third kappa shape index (κ3) is 5.37. The van der Waals surface area contributed by atoms with Crippen LogP contribution in [0.4, 0.5) is 5.69 Å². The van der Waals surface area contributed by atoms with Gasteiger partial charge in [0.05, 0.1) is 16.9 Å². The lowest BCUT2D eigenvalue weighted by Crippen LogP contribution is -2.37. The maximum Gasteiger partial charge on any atom is 0.274 e. The molecular formula is C25H27ClN4O3. The number of likely N-dealkylation sites (tertiary alicyclic amines) is 1. The molecule has 0 unspecified atom stereocenters. The number of nitrogens with zero attached hydrogens (tertiary/aromatic N) is 3. The monoisotopic (exact) mass is 466 g/mol. The standard InChI is InChI=1S/C25H27ClN4O3/c1-17-9-10-20(26)22(13-17)33-16-18-7-6-8-19(14-18)24(31)28-21-15-27-29(2)23(21)25(32)30-11-4-3-5-12-30/h6-10,13-15H,3-5,11-12,16H2,1-2H3,(H,28,31). The van der Waals surface area contributed by atoms with Crippen LogP contribution < -0.4 is 10.1 Å². The summed E-state index contributed by atoms with van der Waals surface area (Å²) >= 11 is 6.20. The molecule has 2 amide bonds. The SMILES string of the molecule is Cc1ccc(Cl)c(OCc2cccc(C(=O)Nc3cnn(C)c3C(=O)N3CCCCC3)c2)c1. The lowest BCUT2D eigenvalue weighted by molar-refractivity contribution is 0.0714. The molecule has 2 heterocycles. The summed E-state index contributed by atoms with van der Waals surface area (Å²) in [4.78, 5) is 27.8. The van der Waals surface area contributed by atoms with Crippen molar-refractivity contribution in [3.63, 3.8) is 0 Å². The highest BCUT2D eigenvalue weighted by Crippen LogP contribution is 2.26. The van der Waals surface area contributed by atoms with Gasteiger partial charge in [0.25, 0.3) is 11.8 Å². The van der Waals surface area contributed by atoms with E-state index in [1.807, 2.05) is 30.0 Å². The highest BCUT2D eigenvalue weighted by molar-refractivity contribution is 6.32. The number of aryl methyl sites for hydroxylation is 2. The van der Waals surface area contributed by atoms with Crippen LogP contribution in [-0.2, 0) is 13.7 Å². The fourth-order valence-electron chi connectivity index (χ4n) is 3.91. The lowest BCUT2D eigenvalue weighted by Gasteiger charge is -2.27. The third-order valence-electron chi connectivity index (χ3n) is 5.70. The predicted molar refractivity (Wildman–Crippen MR) is 128 cm³/mol. The molecule has 1 aromatic heterocycles. The molecule has 3 aromatic rings. The van der Waals surface area contributed by atoms with Crippen LogP contribution in [0.15, 0.2) is 48.7 Å². The quantitative estimate of drug-likeness (QED) is 0.564. The molecule has 0 saturated carbocycles. The minimum Gasteiger partial charge on any atom is -0.487 e.